The molecule has 9 N–H and O–H groups in total. The van der Waals surface area contributed by atoms with Gasteiger partial charge in [-0.2, -0.15) is 11.8 Å². The summed E-state index contributed by atoms with van der Waals surface area (Å²) in [7, 11) is 0. The van der Waals surface area contributed by atoms with Crippen LogP contribution in [0.15, 0.2) is 30.3 Å². The summed E-state index contributed by atoms with van der Waals surface area (Å²) in [5.41, 5.74) is 11.7. The molecule has 38 heavy (non-hydrogen) atoms. The molecule has 13 nitrogen and oxygen atoms in total. The molecule has 0 aliphatic heterocycles. The maximum absolute atomic E-state index is 13.0. The van der Waals surface area contributed by atoms with E-state index in [-0.39, 0.29) is 25.7 Å². The van der Waals surface area contributed by atoms with Crippen LogP contribution in [0.25, 0.3) is 0 Å². The zero-order chi connectivity index (χ0) is 28.7. The summed E-state index contributed by atoms with van der Waals surface area (Å²) in [6, 6.07) is 3.52. The van der Waals surface area contributed by atoms with Crippen LogP contribution < -0.4 is 27.4 Å². The van der Waals surface area contributed by atoms with Crippen LogP contribution in [0, 0.1) is 0 Å². The molecule has 1 rings (SSSR count). The Hall–Kier alpha value is -3.65. The van der Waals surface area contributed by atoms with Gasteiger partial charge in [0, 0.05) is 19.3 Å². The molecule has 4 atom stereocenters. The van der Waals surface area contributed by atoms with Crippen molar-refractivity contribution in [1.82, 2.24) is 16.0 Å². The summed E-state index contributed by atoms with van der Waals surface area (Å²) in [6.45, 7) is 0. The number of amides is 4. The number of thioether (sulfide) groups is 1. The molecule has 0 radical (unpaired) electrons. The fourth-order valence-electron chi connectivity index (χ4n) is 3.34. The lowest BCUT2D eigenvalue weighted by Gasteiger charge is -2.25. The van der Waals surface area contributed by atoms with Crippen molar-refractivity contribution in [2.75, 3.05) is 12.0 Å². The molecule has 14 heteroatoms. The standard InChI is InChI=1S/C24H35N5O8S/c1-38-12-11-15(25)21(33)27-16(7-9-19(26)30)22(34)28-17(8-10-20(31)32)23(35)29-18(24(36)37)13-14-5-3-2-4-6-14/h2-6,15-18H,7-13,25H2,1H3,(H2,26,30)(H,27,33)(H,28,34)(H,29,35)(H,31,32)(H,36,37). The van der Waals surface area contributed by atoms with E-state index < -0.39 is 66.2 Å². The van der Waals surface area contributed by atoms with Gasteiger partial charge in [0.25, 0.3) is 0 Å². The van der Waals surface area contributed by atoms with Crippen LogP contribution in [0.5, 0.6) is 0 Å². The maximum atomic E-state index is 13.0. The number of nitrogens with two attached hydrogens (primary N) is 2. The van der Waals surface area contributed by atoms with Crippen LogP contribution in [0.2, 0.25) is 0 Å². The number of carboxylic acid groups (broad SMARTS) is 2. The number of carbonyl (C=O) groups excluding carboxylic acids is 4. The molecule has 0 spiro atoms. The second kappa shape index (κ2) is 17.0. The zero-order valence-electron chi connectivity index (χ0n) is 21.1. The Morgan fingerprint density at radius 2 is 1.34 bits per heavy atom. The Bertz CT molecular complexity index is 978. The van der Waals surface area contributed by atoms with E-state index in [9.17, 15) is 33.9 Å². The third kappa shape index (κ3) is 12.5. The summed E-state index contributed by atoms with van der Waals surface area (Å²) >= 11 is 1.48. The molecule has 4 unspecified atom stereocenters. The van der Waals surface area contributed by atoms with Gasteiger partial charge in [0.15, 0.2) is 0 Å². The fraction of sp³-hybridized carbons (Fsp3) is 0.500. The minimum absolute atomic E-state index is 0.0489. The monoisotopic (exact) mass is 553 g/mol. The minimum Gasteiger partial charge on any atom is -0.481 e. The highest BCUT2D eigenvalue weighted by Gasteiger charge is 2.31. The van der Waals surface area contributed by atoms with Gasteiger partial charge in [0.2, 0.25) is 23.6 Å². The van der Waals surface area contributed by atoms with E-state index in [4.69, 9.17) is 16.6 Å². The van der Waals surface area contributed by atoms with Gasteiger partial charge in [-0.1, -0.05) is 30.3 Å². The van der Waals surface area contributed by atoms with E-state index in [2.05, 4.69) is 16.0 Å². The predicted octanol–water partition coefficient (Wildman–Crippen LogP) is -1.02. The highest BCUT2D eigenvalue weighted by Crippen LogP contribution is 2.07. The van der Waals surface area contributed by atoms with Crippen LogP contribution in [0.4, 0.5) is 0 Å². The number of hydrogen-bond donors (Lipinski definition) is 7. The largest absolute Gasteiger partial charge is 0.481 e. The summed E-state index contributed by atoms with van der Waals surface area (Å²) in [6.07, 6.45) is 0.807. The molecule has 0 aliphatic carbocycles. The van der Waals surface area contributed by atoms with Crippen molar-refractivity contribution in [3.8, 4) is 0 Å². The van der Waals surface area contributed by atoms with Gasteiger partial charge < -0.3 is 37.6 Å². The topological polar surface area (TPSA) is 231 Å². The molecule has 1 aromatic carbocycles. The van der Waals surface area contributed by atoms with E-state index in [0.717, 1.165) is 0 Å². The molecule has 0 aliphatic rings. The quantitative estimate of drug-likeness (QED) is 0.117. The van der Waals surface area contributed by atoms with Crippen molar-refractivity contribution in [2.45, 2.75) is 62.7 Å². The van der Waals surface area contributed by atoms with Gasteiger partial charge in [-0.05, 0) is 36.8 Å². The smallest absolute Gasteiger partial charge is 0.326 e. The SMILES string of the molecule is CSCCC(N)C(=O)NC(CCC(N)=O)C(=O)NC(CCC(=O)O)C(=O)NC(Cc1ccccc1)C(=O)O. The van der Waals surface area contributed by atoms with Crippen molar-refractivity contribution >= 4 is 47.3 Å². The van der Waals surface area contributed by atoms with E-state index in [1.807, 2.05) is 6.26 Å². The first-order chi connectivity index (χ1) is 17.9. The number of primary amides is 1. The lowest BCUT2D eigenvalue weighted by Crippen LogP contribution is -2.57. The third-order valence-electron chi connectivity index (χ3n) is 5.46. The Labute approximate surface area is 224 Å². The molecule has 1 aromatic rings. The van der Waals surface area contributed by atoms with Gasteiger partial charge in [0.05, 0.1) is 6.04 Å². The van der Waals surface area contributed by atoms with Crippen LogP contribution in [0.1, 0.15) is 37.7 Å². The van der Waals surface area contributed by atoms with Gasteiger partial charge in [-0.3, -0.25) is 24.0 Å². The number of benzene rings is 1. The van der Waals surface area contributed by atoms with E-state index >= 15 is 0 Å². The zero-order valence-corrected chi connectivity index (χ0v) is 21.9. The Morgan fingerprint density at radius 3 is 1.84 bits per heavy atom. The molecule has 4 amide bonds. The lowest BCUT2D eigenvalue weighted by atomic mass is 10.0. The number of nitrogens with one attached hydrogen (secondary N) is 3. The third-order valence-corrected chi connectivity index (χ3v) is 6.10. The van der Waals surface area contributed by atoms with Gasteiger partial charge in [-0.15, -0.1) is 0 Å². The molecule has 0 aromatic heterocycles. The van der Waals surface area contributed by atoms with Gasteiger partial charge in [-0.25, -0.2) is 4.79 Å². The fourth-order valence-corrected chi connectivity index (χ4v) is 3.83. The number of aliphatic carboxylic acids is 2. The number of carboxylic acids is 2. The molecule has 0 heterocycles. The van der Waals surface area contributed by atoms with Gasteiger partial charge in [0.1, 0.15) is 18.1 Å². The van der Waals surface area contributed by atoms with Crippen molar-refractivity contribution < 1.29 is 39.0 Å². The van der Waals surface area contributed by atoms with Crippen LogP contribution in [-0.2, 0) is 35.2 Å². The average Bonchev–Trinajstić information content (AvgIpc) is 2.86. The Kier molecular flexibility index (Phi) is 14.5. The summed E-state index contributed by atoms with van der Waals surface area (Å²) in [4.78, 5) is 72.7. The predicted molar refractivity (Wildman–Crippen MR) is 140 cm³/mol. The molecule has 0 saturated carbocycles. The highest BCUT2D eigenvalue weighted by atomic mass is 32.2. The Morgan fingerprint density at radius 1 is 0.816 bits per heavy atom. The minimum atomic E-state index is -1.44. The van der Waals surface area contributed by atoms with Gasteiger partial charge >= 0.3 is 11.9 Å². The molecular weight excluding hydrogens is 518 g/mol. The summed E-state index contributed by atoms with van der Waals surface area (Å²) in [5, 5.41) is 25.8. The maximum Gasteiger partial charge on any atom is 0.326 e. The van der Waals surface area contributed by atoms with E-state index in [0.29, 0.717) is 17.7 Å². The first kappa shape index (κ1) is 32.4. The highest BCUT2D eigenvalue weighted by molar-refractivity contribution is 7.98. The second-order valence-corrected chi connectivity index (χ2v) is 9.52. The normalized spacial score (nSPS) is 13.8. The van der Waals surface area contributed by atoms with Crippen molar-refractivity contribution in [2.24, 2.45) is 11.5 Å². The van der Waals surface area contributed by atoms with Crippen LogP contribution in [-0.4, -0.2) is 82.0 Å². The van der Waals surface area contributed by atoms with E-state index in [1.165, 1.54) is 11.8 Å². The number of rotatable bonds is 18. The summed E-state index contributed by atoms with van der Waals surface area (Å²) < 4.78 is 0. The average molecular weight is 554 g/mol. The molecule has 0 bridgehead atoms. The molecule has 0 fully saturated rings. The molecule has 210 valence electrons. The van der Waals surface area contributed by atoms with Crippen LogP contribution >= 0.6 is 11.8 Å². The Balaban J connectivity index is 3.04. The second-order valence-electron chi connectivity index (χ2n) is 8.54. The molecular formula is C24H35N5O8S. The first-order valence-electron chi connectivity index (χ1n) is 11.9. The van der Waals surface area contributed by atoms with E-state index in [1.54, 1.807) is 30.3 Å². The first-order valence-corrected chi connectivity index (χ1v) is 13.3. The molecule has 0 saturated heterocycles. The van der Waals surface area contributed by atoms with Crippen molar-refractivity contribution in [1.29, 1.82) is 0 Å². The lowest BCUT2D eigenvalue weighted by molar-refractivity contribution is -0.143. The van der Waals surface area contributed by atoms with Crippen LogP contribution in [0.3, 0.4) is 0 Å². The number of carbonyl (C=O) groups is 6. The van der Waals surface area contributed by atoms with Crippen molar-refractivity contribution in [3.63, 3.8) is 0 Å². The van der Waals surface area contributed by atoms with Crippen molar-refractivity contribution in [3.05, 3.63) is 35.9 Å². The summed E-state index contributed by atoms with van der Waals surface area (Å²) in [5.74, 6) is -5.14. The number of hydrogen-bond acceptors (Lipinski definition) is 8.